The van der Waals surface area contributed by atoms with E-state index in [0.717, 1.165) is 17.7 Å². The molecule has 0 aliphatic rings. The van der Waals surface area contributed by atoms with E-state index in [9.17, 15) is 0 Å². The van der Waals surface area contributed by atoms with Gasteiger partial charge in [-0.15, -0.1) is 9.24 Å². The van der Waals surface area contributed by atoms with Gasteiger partial charge < -0.3 is 9.47 Å². The van der Waals surface area contributed by atoms with E-state index in [-0.39, 0.29) is 0 Å². The van der Waals surface area contributed by atoms with Crippen LogP contribution in [-0.4, -0.2) is 14.2 Å². The molecule has 12 heavy (non-hydrogen) atoms. The lowest BCUT2D eigenvalue weighted by molar-refractivity contribution is 0.354. The van der Waals surface area contributed by atoms with E-state index < -0.39 is 0 Å². The van der Waals surface area contributed by atoms with Crippen LogP contribution in [0.3, 0.4) is 0 Å². The van der Waals surface area contributed by atoms with Crippen molar-refractivity contribution in [3.8, 4) is 11.5 Å². The van der Waals surface area contributed by atoms with Gasteiger partial charge in [-0.3, -0.25) is 0 Å². The summed E-state index contributed by atoms with van der Waals surface area (Å²) in [5.74, 6) is 1.57. The summed E-state index contributed by atoms with van der Waals surface area (Å²) in [4.78, 5) is 0. The lowest BCUT2D eigenvalue weighted by Crippen LogP contribution is -1.91. The summed E-state index contributed by atoms with van der Waals surface area (Å²) in [6.45, 7) is 0. The van der Waals surface area contributed by atoms with Crippen LogP contribution in [0, 0.1) is 0 Å². The van der Waals surface area contributed by atoms with Crippen molar-refractivity contribution in [1.82, 2.24) is 0 Å². The van der Waals surface area contributed by atoms with Crippen molar-refractivity contribution < 1.29 is 9.47 Å². The molecule has 0 spiro atoms. The van der Waals surface area contributed by atoms with Crippen LogP contribution in [-0.2, 0) is 6.16 Å². The summed E-state index contributed by atoms with van der Waals surface area (Å²) in [5, 5.41) is 0. The quantitative estimate of drug-likeness (QED) is 0.669. The van der Waals surface area contributed by atoms with Crippen molar-refractivity contribution >= 4 is 9.24 Å². The van der Waals surface area contributed by atoms with Gasteiger partial charge >= 0.3 is 0 Å². The van der Waals surface area contributed by atoms with E-state index in [1.165, 1.54) is 5.56 Å². The van der Waals surface area contributed by atoms with Crippen molar-refractivity contribution in [3.05, 3.63) is 23.8 Å². The van der Waals surface area contributed by atoms with Crippen molar-refractivity contribution in [2.75, 3.05) is 14.2 Å². The third-order valence-electron chi connectivity index (χ3n) is 1.68. The lowest BCUT2D eigenvalue weighted by Gasteiger charge is -2.07. The van der Waals surface area contributed by atoms with Gasteiger partial charge in [0.2, 0.25) is 0 Å². The Balaban J connectivity index is 3.02. The van der Waals surface area contributed by atoms with Crippen molar-refractivity contribution in [3.63, 3.8) is 0 Å². The van der Waals surface area contributed by atoms with Gasteiger partial charge in [0.25, 0.3) is 0 Å². The van der Waals surface area contributed by atoms with Gasteiger partial charge in [0.15, 0.2) is 11.5 Å². The molecule has 1 unspecified atom stereocenters. The van der Waals surface area contributed by atoms with Gasteiger partial charge in [-0.1, -0.05) is 6.07 Å². The lowest BCUT2D eigenvalue weighted by atomic mass is 10.2. The van der Waals surface area contributed by atoms with Gasteiger partial charge in [0.1, 0.15) is 0 Å². The van der Waals surface area contributed by atoms with E-state index >= 15 is 0 Å². The van der Waals surface area contributed by atoms with Gasteiger partial charge in [-0.2, -0.15) is 0 Å². The molecule has 0 aliphatic carbocycles. The number of hydrogen-bond donors (Lipinski definition) is 0. The maximum absolute atomic E-state index is 5.14. The summed E-state index contributed by atoms with van der Waals surface area (Å²) in [7, 11) is 5.95. The molecule has 0 saturated carbocycles. The number of ether oxygens (including phenoxy) is 2. The van der Waals surface area contributed by atoms with Crippen molar-refractivity contribution in [1.29, 1.82) is 0 Å². The maximum Gasteiger partial charge on any atom is 0.160 e. The summed E-state index contributed by atoms with van der Waals surface area (Å²) >= 11 is 0. The Morgan fingerprint density at radius 1 is 1.17 bits per heavy atom. The predicted molar refractivity (Wildman–Crippen MR) is 53.0 cm³/mol. The van der Waals surface area contributed by atoms with Crippen LogP contribution in [0.5, 0.6) is 11.5 Å². The molecule has 0 bridgehead atoms. The third-order valence-corrected chi connectivity index (χ3v) is 2.16. The Hall–Kier alpha value is -0.750. The number of hydrogen-bond acceptors (Lipinski definition) is 2. The Labute approximate surface area is 75.1 Å². The Morgan fingerprint density at radius 2 is 1.83 bits per heavy atom. The topological polar surface area (TPSA) is 18.5 Å². The molecule has 1 aromatic rings. The first-order valence-corrected chi connectivity index (χ1v) is 4.54. The minimum atomic E-state index is 0.778. The first-order valence-electron chi connectivity index (χ1n) is 3.72. The van der Waals surface area contributed by atoms with Crippen molar-refractivity contribution in [2.45, 2.75) is 6.16 Å². The summed E-state index contributed by atoms with van der Waals surface area (Å²) in [5.41, 5.74) is 1.22. The second-order valence-electron chi connectivity index (χ2n) is 2.39. The maximum atomic E-state index is 5.14. The largest absolute Gasteiger partial charge is 0.493 e. The molecule has 0 N–H and O–H groups in total. The number of benzene rings is 1. The zero-order chi connectivity index (χ0) is 8.97. The van der Waals surface area contributed by atoms with Gasteiger partial charge in [0.05, 0.1) is 14.2 Å². The Morgan fingerprint density at radius 3 is 2.33 bits per heavy atom. The molecule has 0 fully saturated rings. The van der Waals surface area contributed by atoms with Crippen LogP contribution in [0.1, 0.15) is 5.56 Å². The zero-order valence-electron chi connectivity index (χ0n) is 7.33. The van der Waals surface area contributed by atoms with E-state index in [4.69, 9.17) is 9.47 Å². The molecule has 1 aromatic carbocycles. The summed E-state index contributed by atoms with van der Waals surface area (Å²) in [6, 6.07) is 5.92. The van der Waals surface area contributed by atoms with E-state index in [2.05, 4.69) is 9.24 Å². The highest BCUT2D eigenvalue weighted by molar-refractivity contribution is 7.15. The minimum absolute atomic E-state index is 0.778. The van der Waals surface area contributed by atoms with Gasteiger partial charge in [-0.25, -0.2) is 0 Å². The molecule has 3 heteroatoms. The Kier molecular flexibility index (Phi) is 3.36. The monoisotopic (exact) mass is 184 g/mol. The van der Waals surface area contributed by atoms with Crippen molar-refractivity contribution in [2.24, 2.45) is 0 Å². The summed E-state index contributed by atoms with van der Waals surface area (Å²) < 4.78 is 10.2. The molecule has 0 aliphatic heterocycles. The molecule has 2 nitrogen and oxygen atoms in total. The fourth-order valence-corrected chi connectivity index (χ4v) is 1.26. The highest BCUT2D eigenvalue weighted by atomic mass is 31.0. The third kappa shape index (κ3) is 1.89. The van der Waals surface area contributed by atoms with Crippen LogP contribution in [0.2, 0.25) is 0 Å². The summed E-state index contributed by atoms with van der Waals surface area (Å²) in [6.07, 6.45) is 0.931. The van der Waals surface area contributed by atoms with Gasteiger partial charge in [-0.05, 0) is 23.9 Å². The van der Waals surface area contributed by atoms with E-state index in [1.807, 2.05) is 18.2 Å². The second-order valence-corrected chi connectivity index (χ2v) is 2.80. The standard InChI is InChI=1S/C9H13O2P/c1-10-8-4-3-7(6-12)5-9(8)11-2/h3-5H,6,12H2,1-2H3. The fourth-order valence-electron chi connectivity index (χ4n) is 1.01. The molecule has 1 atom stereocenters. The molecular weight excluding hydrogens is 171 g/mol. The van der Waals surface area contributed by atoms with Crippen LogP contribution in [0.4, 0.5) is 0 Å². The van der Waals surface area contributed by atoms with Crippen LogP contribution in [0.15, 0.2) is 18.2 Å². The number of rotatable bonds is 3. The average molecular weight is 184 g/mol. The Bertz CT molecular complexity index is 261. The molecule has 0 amide bonds. The van der Waals surface area contributed by atoms with Gasteiger partial charge in [0, 0.05) is 0 Å². The molecule has 0 radical (unpaired) electrons. The predicted octanol–water partition coefficient (Wildman–Crippen LogP) is 2.08. The zero-order valence-corrected chi connectivity index (χ0v) is 8.49. The molecule has 0 heterocycles. The van der Waals surface area contributed by atoms with Crippen LogP contribution < -0.4 is 9.47 Å². The second kappa shape index (κ2) is 4.32. The fraction of sp³-hybridized carbons (Fsp3) is 0.333. The molecular formula is C9H13O2P. The van der Waals surface area contributed by atoms with Crippen LogP contribution in [0.25, 0.3) is 0 Å². The van der Waals surface area contributed by atoms with E-state index in [1.54, 1.807) is 14.2 Å². The smallest absolute Gasteiger partial charge is 0.160 e. The molecule has 66 valence electrons. The molecule has 1 rings (SSSR count). The normalized spacial score (nSPS) is 9.58. The minimum Gasteiger partial charge on any atom is -0.493 e. The first-order chi connectivity index (χ1) is 5.81. The van der Waals surface area contributed by atoms with E-state index in [0.29, 0.717) is 0 Å². The highest BCUT2D eigenvalue weighted by Gasteiger charge is 2.02. The van der Waals surface area contributed by atoms with Crippen LogP contribution >= 0.6 is 9.24 Å². The highest BCUT2D eigenvalue weighted by Crippen LogP contribution is 2.28. The average Bonchev–Trinajstić information content (AvgIpc) is 2.16. The number of methoxy groups -OCH3 is 2. The first kappa shape index (κ1) is 9.34. The SMILES string of the molecule is COc1ccc(CP)cc1OC. The molecule has 0 saturated heterocycles. The molecule has 0 aromatic heterocycles.